The van der Waals surface area contributed by atoms with E-state index in [0.29, 0.717) is 19.7 Å². The van der Waals surface area contributed by atoms with Crippen LogP contribution in [0.3, 0.4) is 0 Å². The molecule has 4 rings (SSSR count). The van der Waals surface area contributed by atoms with E-state index in [1.54, 1.807) is 17.3 Å². The van der Waals surface area contributed by atoms with Crippen LogP contribution in [0.1, 0.15) is 56.9 Å². The monoisotopic (exact) mass is 411 g/mol. The van der Waals surface area contributed by atoms with Crippen LogP contribution >= 0.6 is 0 Å². The van der Waals surface area contributed by atoms with Gasteiger partial charge in [-0.2, -0.15) is 0 Å². The summed E-state index contributed by atoms with van der Waals surface area (Å²) in [7, 11) is 0. The fraction of sp³-hybridized carbons (Fsp3) is 0.625. The van der Waals surface area contributed by atoms with Gasteiger partial charge in [-0.05, 0) is 43.7 Å². The molecule has 2 heterocycles. The minimum Gasteiger partial charge on any atom is -0.370 e. The van der Waals surface area contributed by atoms with Gasteiger partial charge in [0.15, 0.2) is 0 Å². The van der Waals surface area contributed by atoms with Gasteiger partial charge in [-0.1, -0.05) is 37.5 Å². The summed E-state index contributed by atoms with van der Waals surface area (Å²) in [6, 6.07) is 4.17. The maximum Gasteiger partial charge on any atom is 0.242 e. The Morgan fingerprint density at radius 3 is 2.73 bits per heavy atom. The molecule has 2 fully saturated rings. The van der Waals surface area contributed by atoms with Gasteiger partial charge < -0.3 is 14.5 Å². The number of hydrogen-bond donors (Lipinski definition) is 0. The van der Waals surface area contributed by atoms with Crippen molar-refractivity contribution in [1.29, 1.82) is 0 Å². The molecular weight excluding hydrogens is 378 g/mol. The van der Waals surface area contributed by atoms with Gasteiger partial charge in [0.25, 0.3) is 0 Å². The zero-order valence-corrected chi connectivity index (χ0v) is 17.7. The van der Waals surface area contributed by atoms with Crippen LogP contribution in [0.2, 0.25) is 0 Å². The Hall–Kier alpha value is -2.21. The molecule has 2 amide bonds. The Morgan fingerprint density at radius 1 is 1.13 bits per heavy atom. The number of carbonyl (C=O) groups excluding carboxylic acids is 2. The highest BCUT2D eigenvalue weighted by Gasteiger charge is 2.36. The van der Waals surface area contributed by atoms with Crippen molar-refractivity contribution in [3.8, 4) is 0 Å². The summed E-state index contributed by atoms with van der Waals surface area (Å²) in [5.41, 5.74) is 1.01. The van der Waals surface area contributed by atoms with Crippen molar-refractivity contribution in [2.24, 2.45) is 5.92 Å². The Labute approximate surface area is 179 Å². The fourth-order valence-corrected chi connectivity index (χ4v) is 4.94. The lowest BCUT2D eigenvalue weighted by Gasteiger charge is -2.34. The average molecular weight is 412 g/mol. The fourth-order valence-electron chi connectivity index (χ4n) is 4.94. The minimum atomic E-state index is -0.179. The Morgan fingerprint density at radius 2 is 2.00 bits per heavy atom. The van der Waals surface area contributed by atoms with Crippen molar-refractivity contribution in [2.45, 2.75) is 70.1 Å². The van der Waals surface area contributed by atoms with E-state index in [-0.39, 0.29) is 36.4 Å². The van der Waals surface area contributed by atoms with E-state index in [1.807, 2.05) is 17.0 Å². The van der Waals surface area contributed by atoms with Crippen molar-refractivity contribution in [3.05, 3.63) is 42.2 Å². The van der Waals surface area contributed by atoms with Gasteiger partial charge in [0, 0.05) is 37.4 Å². The Kier molecular flexibility index (Phi) is 7.16. The molecule has 3 aliphatic rings. The van der Waals surface area contributed by atoms with E-state index in [1.165, 1.54) is 19.3 Å². The lowest BCUT2D eigenvalue weighted by molar-refractivity contribution is -0.142. The molecule has 162 valence electrons. The van der Waals surface area contributed by atoms with Crippen LogP contribution in [0.5, 0.6) is 0 Å². The summed E-state index contributed by atoms with van der Waals surface area (Å²) in [4.78, 5) is 34.3. The summed E-state index contributed by atoms with van der Waals surface area (Å²) in [6.45, 7) is 1.67. The summed E-state index contributed by atoms with van der Waals surface area (Å²) in [5.74, 6) is 0.172. The molecule has 1 saturated heterocycles. The average Bonchev–Trinajstić information content (AvgIpc) is 2.98. The van der Waals surface area contributed by atoms with E-state index >= 15 is 0 Å². The quantitative estimate of drug-likeness (QED) is 0.698. The van der Waals surface area contributed by atoms with Crippen molar-refractivity contribution in [1.82, 2.24) is 14.8 Å². The molecule has 6 heteroatoms. The molecule has 0 N–H and O–H groups in total. The Balaban J connectivity index is 1.48. The van der Waals surface area contributed by atoms with Crippen molar-refractivity contribution < 1.29 is 14.3 Å². The van der Waals surface area contributed by atoms with E-state index in [2.05, 4.69) is 17.1 Å². The predicted octanol–water partition coefficient (Wildman–Crippen LogP) is 3.33. The maximum atomic E-state index is 13.2. The molecule has 0 spiro atoms. The van der Waals surface area contributed by atoms with Crippen LogP contribution < -0.4 is 0 Å². The van der Waals surface area contributed by atoms with Gasteiger partial charge in [-0.3, -0.25) is 14.6 Å². The number of rotatable bonds is 5. The number of ether oxygens (including phenoxy) is 1. The summed E-state index contributed by atoms with van der Waals surface area (Å²) < 4.78 is 6.24. The lowest BCUT2D eigenvalue weighted by atomic mass is 9.93. The molecule has 2 atom stereocenters. The van der Waals surface area contributed by atoms with Crippen LogP contribution in [-0.2, 0) is 20.9 Å². The van der Waals surface area contributed by atoms with Crippen LogP contribution in [0, 0.1) is 5.92 Å². The first-order valence-electron chi connectivity index (χ1n) is 11.4. The number of nitrogens with zero attached hydrogens (tertiary/aromatic N) is 3. The zero-order valence-electron chi connectivity index (χ0n) is 17.7. The van der Waals surface area contributed by atoms with Crippen LogP contribution in [-0.4, -0.2) is 58.4 Å². The summed E-state index contributed by atoms with van der Waals surface area (Å²) in [6.07, 6.45) is 15.9. The van der Waals surface area contributed by atoms with Crippen LogP contribution in [0.25, 0.3) is 0 Å². The molecule has 0 unspecified atom stereocenters. The first-order chi connectivity index (χ1) is 14.7. The standard InChI is InChI=1S/C24H33N3O3/c28-23-17-26(24(29)20-9-3-1-4-10-20)15-22(30-18-19-8-7-13-25-14-19)16-27(23)21-11-5-2-6-12-21/h1,3,7-8,13-14,20-22H,2,4-6,9-12,15-18H2/t20-,22+/m0/s1. The first kappa shape index (κ1) is 21.0. The zero-order chi connectivity index (χ0) is 20.8. The minimum absolute atomic E-state index is 0.0111. The smallest absolute Gasteiger partial charge is 0.242 e. The maximum absolute atomic E-state index is 13.2. The third kappa shape index (κ3) is 5.28. The number of allylic oxidation sites excluding steroid dienone is 2. The molecule has 6 nitrogen and oxygen atoms in total. The topological polar surface area (TPSA) is 62.7 Å². The molecular formula is C24H33N3O3. The molecule has 0 bridgehead atoms. The van der Waals surface area contributed by atoms with E-state index < -0.39 is 0 Å². The number of aromatic nitrogens is 1. The van der Waals surface area contributed by atoms with E-state index in [9.17, 15) is 9.59 Å². The second-order valence-corrected chi connectivity index (χ2v) is 8.83. The SMILES string of the molecule is O=C([C@H]1CC=CCC1)N1CC(=O)N(C2CCCCC2)C[C@H](OCc2cccnc2)C1. The summed E-state index contributed by atoms with van der Waals surface area (Å²) >= 11 is 0. The molecule has 30 heavy (non-hydrogen) atoms. The Bertz CT molecular complexity index is 745. The highest BCUT2D eigenvalue weighted by molar-refractivity contribution is 5.86. The van der Waals surface area contributed by atoms with Gasteiger partial charge in [0.1, 0.15) is 0 Å². The van der Waals surface area contributed by atoms with Crippen molar-refractivity contribution in [3.63, 3.8) is 0 Å². The van der Waals surface area contributed by atoms with Gasteiger partial charge in [-0.25, -0.2) is 0 Å². The second-order valence-electron chi connectivity index (χ2n) is 8.83. The van der Waals surface area contributed by atoms with Crippen LogP contribution in [0.4, 0.5) is 0 Å². The van der Waals surface area contributed by atoms with Crippen molar-refractivity contribution in [2.75, 3.05) is 19.6 Å². The number of hydrogen-bond acceptors (Lipinski definition) is 4. The molecule has 1 aliphatic heterocycles. The van der Waals surface area contributed by atoms with Crippen LogP contribution in [0.15, 0.2) is 36.7 Å². The van der Waals surface area contributed by atoms with Gasteiger partial charge >= 0.3 is 0 Å². The molecule has 0 radical (unpaired) electrons. The van der Waals surface area contributed by atoms with Gasteiger partial charge in [-0.15, -0.1) is 0 Å². The predicted molar refractivity (Wildman–Crippen MR) is 114 cm³/mol. The first-order valence-corrected chi connectivity index (χ1v) is 11.4. The number of carbonyl (C=O) groups is 2. The highest BCUT2D eigenvalue weighted by atomic mass is 16.5. The molecule has 1 saturated carbocycles. The van der Waals surface area contributed by atoms with Gasteiger partial charge in [0.05, 0.1) is 19.3 Å². The number of amides is 2. The highest BCUT2D eigenvalue weighted by Crippen LogP contribution is 2.26. The number of pyridine rings is 1. The normalized spacial score (nSPS) is 25.9. The van der Waals surface area contributed by atoms with E-state index in [4.69, 9.17) is 4.74 Å². The largest absolute Gasteiger partial charge is 0.370 e. The third-order valence-corrected chi connectivity index (χ3v) is 6.62. The third-order valence-electron chi connectivity index (χ3n) is 6.62. The van der Waals surface area contributed by atoms with Crippen molar-refractivity contribution >= 4 is 11.8 Å². The van der Waals surface area contributed by atoms with Gasteiger partial charge in [0.2, 0.25) is 11.8 Å². The van der Waals surface area contributed by atoms with E-state index in [0.717, 1.165) is 37.7 Å². The summed E-state index contributed by atoms with van der Waals surface area (Å²) in [5, 5.41) is 0. The lowest BCUT2D eigenvalue weighted by Crippen LogP contribution is -2.46. The molecule has 0 aromatic carbocycles. The second kappa shape index (κ2) is 10.2. The molecule has 2 aliphatic carbocycles. The molecule has 1 aromatic heterocycles. The molecule has 1 aromatic rings.